The number of benzene rings is 1. The second-order valence-electron chi connectivity index (χ2n) is 4.24. The lowest BCUT2D eigenvalue weighted by Crippen LogP contribution is -2.51. The third-order valence-electron chi connectivity index (χ3n) is 2.82. The number of amides is 1. The van der Waals surface area contributed by atoms with Crippen molar-refractivity contribution in [1.29, 1.82) is 0 Å². The average Bonchev–Trinajstić information content (AvgIpc) is 2.32. The van der Waals surface area contributed by atoms with E-state index in [4.69, 9.17) is 0 Å². The molecule has 1 unspecified atom stereocenters. The number of hydrogen-bond acceptors (Lipinski definition) is 2. The minimum atomic E-state index is -0.987. The summed E-state index contributed by atoms with van der Waals surface area (Å²) < 4.78 is 25.8. The SMILES string of the molecule is CC1CN(C(=O)c2ccc(F)c(F)c2)CCN1. The highest BCUT2D eigenvalue weighted by atomic mass is 19.2. The van der Waals surface area contributed by atoms with E-state index < -0.39 is 11.6 Å². The van der Waals surface area contributed by atoms with E-state index >= 15 is 0 Å². The maximum atomic E-state index is 13.0. The second-order valence-corrected chi connectivity index (χ2v) is 4.24. The van der Waals surface area contributed by atoms with Crippen molar-refractivity contribution in [2.45, 2.75) is 13.0 Å². The molecule has 0 radical (unpaired) electrons. The molecule has 1 fully saturated rings. The molecule has 92 valence electrons. The minimum absolute atomic E-state index is 0.193. The molecule has 1 aliphatic rings. The topological polar surface area (TPSA) is 32.3 Å². The van der Waals surface area contributed by atoms with Crippen LogP contribution >= 0.6 is 0 Å². The van der Waals surface area contributed by atoms with Crippen LogP contribution in [0.5, 0.6) is 0 Å². The Morgan fingerprint density at radius 2 is 2.18 bits per heavy atom. The van der Waals surface area contributed by atoms with Gasteiger partial charge in [-0.25, -0.2) is 8.78 Å². The van der Waals surface area contributed by atoms with Crippen molar-refractivity contribution in [2.24, 2.45) is 0 Å². The van der Waals surface area contributed by atoms with E-state index in [9.17, 15) is 13.6 Å². The van der Waals surface area contributed by atoms with Gasteiger partial charge in [-0.15, -0.1) is 0 Å². The van der Waals surface area contributed by atoms with Gasteiger partial charge in [0.25, 0.3) is 5.91 Å². The number of nitrogens with zero attached hydrogens (tertiary/aromatic N) is 1. The van der Waals surface area contributed by atoms with Gasteiger partial charge in [-0.1, -0.05) is 0 Å². The van der Waals surface area contributed by atoms with Crippen LogP contribution in [-0.4, -0.2) is 36.5 Å². The summed E-state index contributed by atoms with van der Waals surface area (Å²) in [5.74, 6) is -2.17. The van der Waals surface area contributed by atoms with E-state index in [2.05, 4.69) is 5.32 Å². The molecule has 1 aliphatic heterocycles. The van der Waals surface area contributed by atoms with Crippen molar-refractivity contribution in [3.63, 3.8) is 0 Å². The molecule has 0 aromatic heterocycles. The predicted octanol–water partition coefficient (Wildman–Crippen LogP) is 1.40. The third kappa shape index (κ3) is 2.61. The lowest BCUT2D eigenvalue weighted by atomic mass is 10.1. The van der Waals surface area contributed by atoms with Gasteiger partial charge in [-0.05, 0) is 25.1 Å². The van der Waals surface area contributed by atoms with Crippen molar-refractivity contribution in [3.05, 3.63) is 35.4 Å². The van der Waals surface area contributed by atoms with Crippen molar-refractivity contribution < 1.29 is 13.6 Å². The molecule has 2 rings (SSSR count). The van der Waals surface area contributed by atoms with Crippen molar-refractivity contribution in [1.82, 2.24) is 10.2 Å². The molecule has 1 amide bonds. The molecule has 5 heteroatoms. The van der Waals surface area contributed by atoms with E-state index in [0.717, 1.165) is 18.7 Å². The van der Waals surface area contributed by atoms with Crippen LogP contribution in [0.25, 0.3) is 0 Å². The fourth-order valence-corrected chi connectivity index (χ4v) is 1.93. The first-order valence-corrected chi connectivity index (χ1v) is 5.55. The lowest BCUT2D eigenvalue weighted by molar-refractivity contribution is 0.0708. The van der Waals surface area contributed by atoms with E-state index in [1.807, 2.05) is 6.92 Å². The largest absolute Gasteiger partial charge is 0.336 e. The Labute approximate surface area is 98.4 Å². The number of halogens is 2. The Hall–Kier alpha value is -1.49. The van der Waals surface area contributed by atoms with Crippen LogP contribution in [0.2, 0.25) is 0 Å². The molecule has 3 nitrogen and oxygen atoms in total. The van der Waals surface area contributed by atoms with Gasteiger partial charge in [0.05, 0.1) is 0 Å². The minimum Gasteiger partial charge on any atom is -0.336 e. The zero-order valence-electron chi connectivity index (χ0n) is 9.54. The fourth-order valence-electron chi connectivity index (χ4n) is 1.93. The van der Waals surface area contributed by atoms with E-state index in [-0.39, 0.29) is 17.5 Å². The standard InChI is InChI=1S/C12H14F2N2O/c1-8-7-16(5-4-15-8)12(17)9-2-3-10(13)11(14)6-9/h2-3,6,8,15H,4-5,7H2,1H3. The van der Waals surface area contributed by atoms with Gasteiger partial charge < -0.3 is 10.2 Å². The summed E-state index contributed by atoms with van der Waals surface area (Å²) in [6.45, 7) is 3.86. The molecule has 1 heterocycles. The third-order valence-corrected chi connectivity index (χ3v) is 2.82. The Balaban J connectivity index is 2.15. The van der Waals surface area contributed by atoms with E-state index in [0.29, 0.717) is 13.1 Å². The van der Waals surface area contributed by atoms with Crippen LogP contribution in [0.3, 0.4) is 0 Å². The fraction of sp³-hybridized carbons (Fsp3) is 0.417. The highest BCUT2D eigenvalue weighted by Gasteiger charge is 2.22. The van der Waals surface area contributed by atoms with Crippen LogP contribution < -0.4 is 5.32 Å². The van der Waals surface area contributed by atoms with Gasteiger partial charge in [0, 0.05) is 31.2 Å². The summed E-state index contributed by atoms with van der Waals surface area (Å²) in [6.07, 6.45) is 0. The van der Waals surface area contributed by atoms with Crippen LogP contribution in [0.15, 0.2) is 18.2 Å². The summed E-state index contributed by atoms with van der Waals surface area (Å²) in [5.41, 5.74) is 0.193. The molecule has 0 saturated carbocycles. The Kier molecular flexibility index (Phi) is 3.38. The number of rotatable bonds is 1. The molecular formula is C12H14F2N2O. The van der Waals surface area contributed by atoms with Crippen molar-refractivity contribution in [3.8, 4) is 0 Å². The van der Waals surface area contributed by atoms with Crippen molar-refractivity contribution >= 4 is 5.91 Å². The maximum absolute atomic E-state index is 13.0. The van der Waals surface area contributed by atoms with Gasteiger partial charge in [0.15, 0.2) is 11.6 Å². The van der Waals surface area contributed by atoms with Crippen molar-refractivity contribution in [2.75, 3.05) is 19.6 Å². The summed E-state index contributed by atoms with van der Waals surface area (Å²) in [6, 6.07) is 3.46. The van der Waals surface area contributed by atoms with E-state index in [1.165, 1.54) is 6.07 Å². The normalized spacial score (nSPS) is 20.4. The number of piperazine rings is 1. The summed E-state index contributed by atoms with van der Waals surface area (Å²) >= 11 is 0. The Bertz CT molecular complexity index is 437. The molecule has 0 aliphatic carbocycles. The monoisotopic (exact) mass is 240 g/mol. The van der Waals surface area contributed by atoms with Gasteiger partial charge in [0.2, 0.25) is 0 Å². The molecule has 1 aromatic carbocycles. The first kappa shape index (κ1) is 12.0. The van der Waals surface area contributed by atoms with Gasteiger partial charge in [-0.2, -0.15) is 0 Å². The predicted molar refractivity (Wildman–Crippen MR) is 59.7 cm³/mol. The molecule has 17 heavy (non-hydrogen) atoms. The molecule has 0 spiro atoms. The van der Waals surface area contributed by atoms with Gasteiger partial charge in [-0.3, -0.25) is 4.79 Å². The molecule has 1 N–H and O–H groups in total. The molecular weight excluding hydrogens is 226 g/mol. The molecule has 0 bridgehead atoms. The smallest absolute Gasteiger partial charge is 0.254 e. The van der Waals surface area contributed by atoms with Gasteiger partial charge in [0.1, 0.15) is 0 Å². The second kappa shape index (κ2) is 4.79. The first-order chi connectivity index (χ1) is 8.08. The zero-order valence-corrected chi connectivity index (χ0v) is 9.54. The summed E-state index contributed by atoms with van der Waals surface area (Å²) in [5, 5.41) is 3.21. The average molecular weight is 240 g/mol. The molecule has 1 saturated heterocycles. The van der Waals surface area contributed by atoms with E-state index in [1.54, 1.807) is 4.90 Å². The highest BCUT2D eigenvalue weighted by Crippen LogP contribution is 2.12. The summed E-state index contributed by atoms with van der Waals surface area (Å²) in [4.78, 5) is 13.7. The van der Waals surface area contributed by atoms with Crippen LogP contribution in [0.4, 0.5) is 8.78 Å². The number of carbonyl (C=O) groups excluding carboxylic acids is 1. The van der Waals surface area contributed by atoms with Gasteiger partial charge >= 0.3 is 0 Å². The number of carbonyl (C=O) groups is 1. The molecule has 1 aromatic rings. The first-order valence-electron chi connectivity index (χ1n) is 5.55. The lowest BCUT2D eigenvalue weighted by Gasteiger charge is -2.31. The highest BCUT2D eigenvalue weighted by molar-refractivity contribution is 5.94. The number of nitrogens with one attached hydrogen (secondary N) is 1. The Morgan fingerprint density at radius 1 is 1.41 bits per heavy atom. The van der Waals surface area contributed by atoms with Crippen LogP contribution in [-0.2, 0) is 0 Å². The Morgan fingerprint density at radius 3 is 2.82 bits per heavy atom. The quantitative estimate of drug-likeness (QED) is 0.804. The van der Waals surface area contributed by atoms with Crippen LogP contribution in [0.1, 0.15) is 17.3 Å². The number of hydrogen-bond donors (Lipinski definition) is 1. The summed E-state index contributed by atoms with van der Waals surface area (Å²) in [7, 11) is 0. The van der Waals surface area contributed by atoms with Crippen LogP contribution in [0, 0.1) is 11.6 Å². The molecule has 1 atom stereocenters. The zero-order chi connectivity index (χ0) is 12.4. The maximum Gasteiger partial charge on any atom is 0.254 e.